The fourth-order valence-electron chi connectivity index (χ4n) is 2.41. The van der Waals surface area contributed by atoms with Crippen molar-refractivity contribution >= 4 is 23.2 Å². The van der Waals surface area contributed by atoms with Gasteiger partial charge in [0, 0.05) is 18.0 Å². The van der Waals surface area contributed by atoms with Crippen molar-refractivity contribution in [3.8, 4) is 5.75 Å². The first-order valence-electron chi connectivity index (χ1n) is 6.96. The van der Waals surface area contributed by atoms with Crippen LogP contribution in [-0.4, -0.2) is 17.9 Å². The summed E-state index contributed by atoms with van der Waals surface area (Å²) in [6.07, 6.45) is 0.994. The zero-order valence-corrected chi connectivity index (χ0v) is 12.3. The Kier molecular flexibility index (Phi) is 4.11. The average Bonchev–Trinajstić information content (AvgIpc) is 2.94. The molecule has 0 saturated heterocycles. The molecule has 1 N–H and O–H groups in total. The molecule has 2 aromatic rings. The number of carbonyl (C=O) groups excluding carboxylic acids is 1. The van der Waals surface area contributed by atoms with E-state index in [-0.39, 0.29) is 5.91 Å². The minimum Gasteiger partial charge on any atom is -0.480 e. The summed E-state index contributed by atoms with van der Waals surface area (Å²) in [6, 6.07) is 15.5. The quantitative estimate of drug-likeness (QED) is 0.879. The lowest BCUT2D eigenvalue weighted by atomic mass is 10.1. The van der Waals surface area contributed by atoms with Gasteiger partial charge in [0.2, 0.25) is 0 Å². The number of halogens is 1. The van der Waals surface area contributed by atoms with Gasteiger partial charge in [0.25, 0.3) is 5.91 Å². The minimum atomic E-state index is -0.454. The highest BCUT2D eigenvalue weighted by Crippen LogP contribution is 2.28. The molecular formula is C17H16ClNO2. The second-order valence-electron chi connectivity index (χ2n) is 5.04. The molecule has 1 aliphatic rings. The van der Waals surface area contributed by atoms with Crippen LogP contribution in [0.15, 0.2) is 48.5 Å². The molecule has 0 aromatic heterocycles. The molecule has 0 aliphatic carbocycles. The van der Waals surface area contributed by atoms with Crippen LogP contribution in [0.25, 0.3) is 0 Å². The molecule has 0 saturated carbocycles. The highest BCUT2D eigenvalue weighted by atomic mass is 35.5. The Morgan fingerprint density at radius 1 is 1.19 bits per heavy atom. The molecule has 0 bridgehead atoms. The van der Waals surface area contributed by atoms with Crippen molar-refractivity contribution < 1.29 is 9.53 Å². The standard InChI is InChI=1S/C17H16ClNO2/c18-10-9-12-5-7-14(8-6-12)19-17(20)16-11-13-3-1-2-4-15(13)21-16/h1-8,16H,9-11H2,(H,19,20). The van der Waals surface area contributed by atoms with Gasteiger partial charge in [-0.15, -0.1) is 11.6 Å². The topological polar surface area (TPSA) is 38.3 Å². The van der Waals surface area contributed by atoms with Gasteiger partial charge in [-0.1, -0.05) is 30.3 Å². The van der Waals surface area contributed by atoms with Crippen molar-refractivity contribution in [3.63, 3.8) is 0 Å². The Morgan fingerprint density at radius 3 is 2.67 bits per heavy atom. The van der Waals surface area contributed by atoms with Crippen molar-refractivity contribution in [1.29, 1.82) is 0 Å². The van der Waals surface area contributed by atoms with Crippen LogP contribution in [0.5, 0.6) is 5.75 Å². The van der Waals surface area contributed by atoms with E-state index in [4.69, 9.17) is 16.3 Å². The monoisotopic (exact) mass is 301 g/mol. The van der Waals surface area contributed by atoms with Gasteiger partial charge in [0.1, 0.15) is 5.75 Å². The van der Waals surface area contributed by atoms with Gasteiger partial charge in [0.05, 0.1) is 0 Å². The zero-order chi connectivity index (χ0) is 14.7. The maximum atomic E-state index is 12.2. The number of amides is 1. The van der Waals surface area contributed by atoms with Crippen LogP contribution in [0.1, 0.15) is 11.1 Å². The zero-order valence-electron chi connectivity index (χ0n) is 11.5. The van der Waals surface area contributed by atoms with E-state index in [0.29, 0.717) is 12.3 Å². The number of hydrogen-bond donors (Lipinski definition) is 1. The fourth-order valence-corrected chi connectivity index (χ4v) is 2.63. The first kappa shape index (κ1) is 14.0. The number of anilines is 1. The molecule has 3 rings (SSSR count). The number of nitrogens with one attached hydrogen (secondary N) is 1. The predicted octanol–water partition coefficient (Wildman–Crippen LogP) is 3.41. The Balaban J connectivity index is 1.62. The van der Waals surface area contributed by atoms with E-state index in [0.717, 1.165) is 29.0 Å². The molecule has 1 unspecified atom stereocenters. The van der Waals surface area contributed by atoms with Crippen LogP contribution in [0.4, 0.5) is 5.69 Å². The Bertz CT molecular complexity index is 614. The summed E-state index contributed by atoms with van der Waals surface area (Å²) in [7, 11) is 0. The third-order valence-corrected chi connectivity index (χ3v) is 3.73. The van der Waals surface area contributed by atoms with E-state index in [9.17, 15) is 4.79 Å². The summed E-state index contributed by atoms with van der Waals surface area (Å²) in [5, 5.41) is 2.89. The van der Waals surface area contributed by atoms with E-state index in [1.165, 1.54) is 0 Å². The van der Waals surface area contributed by atoms with Crippen molar-refractivity contribution in [2.45, 2.75) is 18.9 Å². The Labute approximate surface area is 128 Å². The van der Waals surface area contributed by atoms with Gasteiger partial charge in [0.15, 0.2) is 6.10 Å². The van der Waals surface area contributed by atoms with Crippen molar-refractivity contribution in [1.82, 2.24) is 0 Å². The predicted molar refractivity (Wildman–Crippen MR) is 84.1 cm³/mol. The maximum Gasteiger partial charge on any atom is 0.265 e. The molecule has 2 aromatic carbocycles. The van der Waals surface area contributed by atoms with E-state index in [2.05, 4.69) is 5.32 Å². The second-order valence-corrected chi connectivity index (χ2v) is 5.42. The Hall–Kier alpha value is -2.00. The number of ether oxygens (including phenoxy) is 1. The van der Waals surface area contributed by atoms with Crippen LogP contribution in [0.3, 0.4) is 0 Å². The number of aryl methyl sites for hydroxylation is 1. The third kappa shape index (κ3) is 3.19. The molecule has 1 atom stereocenters. The van der Waals surface area contributed by atoms with Gasteiger partial charge in [-0.25, -0.2) is 0 Å². The van der Waals surface area contributed by atoms with Crippen LogP contribution in [0, 0.1) is 0 Å². The summed E-state index contributed by atoms with van der Waals surface area (Å²) in [4.78, 5) is 12.2. The SMILES string of the molecule is O=C(Nc1ccc(CCCl)cc1)C1Cc2ccccc2O1. The fraction of sp³-hybridized carbons (Fsp3) is 0.235. The average molecular weight is 302 g/mol. The summed E-state index contributed by atoms with van der Waals surface area (Å²) < 4.78 is 5.67. The number of carbonyl (C=O) groups is 1. The summed E-state index contributed by atoms with van der Waals surface area (Å²) in [5.41, 5.74) is 3.01. The molecule has 3 nitrogen and oxygen atoms in total. The van der Waals surface area contributed by atoms with E-state index >= 15 is 0 Å². The van der Waals surface area contributed by atoms with Gasteiger partial charge >= 0.3 is 0 Å². The second kappa shape index (κ2) is 6.19. The lowest BCUT2D eigenvalue weighted by Crippen LogP contribution is -2.31. The molecule has 0 fully saturated rings. The number of rotatable bonds is 4. The molecule has 108 valence electrons. The van der Waals surface area contributed by atoms with Crippen molar-refractivity contribution in [2.75, 3.05) is 11.2 Å². The minimum absolute atomic E-state index is 0.115. The van der Waals surface area contributed by atoms with E-state index in [1.54, 1.807) is 0 Å². The third-order valence-electron chi connectivity index (χ3n) is 3.54. The summed E-state index contributed by atoms with van der Waals surface area (Å²) in [6.45, 7) is 0. The van der Waals surface area contributed by atoms with Gasteiger partial charge in [-0.05, 0) is 35.7 Å². The van der Waals surface area contributed by atoms with Crippen LogP contribution in [-0.2, 0) is 17.6 Å². The highest BCUT2D eigenvalue weighted by molar-refractivity contribution is 6.18. The summed E-state index contributed by atoms with van der Waals surface area (Å²) in [5.74, 6) is 1.28. The van der Waals surface area contributed by atoms with Gasteiger partial charge < -0.3 is 10.1 Å². The number of alkyl halides is 1. The summed E-state index contributed by atoms with van der Waals surface area (Å²) >= 11 is 5.70. The van der Waals surface area contributed by atoms with Gasteiger partial charge in [-0.2, -0.15) is 0 Å². The number of hydrogen-bond acceptors (Lipinski definition) is 2. The van der Waals surface area contributed by atoms with E-state index in [1.807, 2.05) is 48.5 Å². The first-order chi connectivity index (χ1) is 10.3. The van der Waals surface area contributed by atoms with Crippen molar-refractivity contribution in [3.05, 3.63) is 59.7 Å². The maximum absolute atomic E-state index is 12.2. The lowest BCUT2D eigenvalue weighted by Gasteiger charge is -2.11. The molecule has 0 spiro atoms. The number of benzene rings is 2. The number of para-hydroxylation sites is 1. The van der Waals surface area contributed by atoms with Crippen LogP contribution >= 0.6 is 11.6 Å². The molecule has 0 radical (unpaired) electrons. The lowest BCUT2D eigenvalue weighted by molar-refractivity contribution is -0.122. The van der Waals surface area contributed by atoms with Crippen LogP contribution in [0.2, 0.25) is 0 Å². The molecule has 1 heterocycles. The molecular weight excluding hydrogens is 286 g/mol. The van der Waals surface area contributed by atoms with E-state index < -0.39 is 6.10 Å². The normalized spacial score (nSPS) is 16.1. The number of fused-ring (bicyclic) bond motifs is 1. The molecule has 21 heavy (non-hydrogen) atoms. The molecule has 4 heteroatoms. The highest BCUT2D eigenvalue weighted by Gasteiger charge is 2.28. The first-order valence-corrected chi connectivity index (χ1v) is 7.50. The van der Waals surface area contributed by atoms with Crippen LogP contribution < -0.4 is 10.1 Å². The van der Waals surface area contributed by atoms with Gasteiger partial charge in [-0.3, -0.25) is 4.79 Å². The molecule has 1 aliphatic heterocycles. The smallest absolute Gasteiger partial charge is 0.265 e. The largest absolute Gasteiger partial charge is 0.480 e. The van der Waals surface area contributed by atoms with Crippen molar-refractivity contribution in [2.24, 2.45) is 0 Å². The molecule has 1 amide bonds. The Morgan fingerprint density at radius 2 is 1.95 bits per heavy atom.